The number of para-hydroxylation sites is 1. The Balaban J connectivity index is 2.32. The van der Waals surface area contributed by atoms with Gasteiger partial charge in [0.1, 0.15) is 5.69 Å². The topological polar surface area (TPSA) is 84.3 Å². The van der Waals surface area contributed by atoms with Crippen LogP contribution in [0.5, 0.6) is 0 Å². The van der Waals surface area contributed by atoms with Crippen LogP contribution >= 0.6 is 0 Å². The van der Waals surface area contributed by atoms with Crippen LogP contribution in [0.4, 0.5) is 17.1 Å². The lowest BCUT2D eigenvalue weighted by Crippen LogP contribution is -2.30. The highest BCUT2D eigenvalue weighted by atomic mass is 16.6. The first-order valence-electron chi connectivity index (χ1n) is 6.88. The van der Waals surface area contributed by atoms with Crippen LogP contribution in [0.3, 0.4) is 0 Å². The smallest absolute Gasteiger partial charge is 0.293 e. The van der Waals surface area contributed by atoms with E-state index in [1.165, 1.54) is 6.07 Å². The number of rotatable bonds is 5. The molecule has 6 nitrogen and oxygen atoms in total. The summed E-state index contributed by atoms with van der Waals surface area (Å²) in [6, 6.07) is 13.5. The number of amides is 1. The summed E-state index contributed by atoms with van der Waals surface area (Å²) in [5.74, 6) is -0.329. The van der Waals surface area contributed by atoms with Crippen molar-refractivity contribution < 1.29 is 9.72 Å². The van der Waals surface area contributed by atoms with Gasteiger partial charge in [0.25, 0.3) is 11.6 Å². The largest absolute Gasteiger partial charge is 0.350 e. The number of carbonyl (C=O) groups excluding carboxylic acids is 1. The molecule has 2 aromatic rings. The van der Waals surface area contributed by atoms with Crippen molar-refractivity contribution in [3.8, 4) is 0 Å². The first kappa shape index (κ1) is 15.5. The van der Waals surface area contributed by atoms with Crippen molar-refractivity contribution in [1.82, 2.24) is 5.32 Å². The number of carbonyl (C=O) groups is 1. The lowest BCUT2D eigenvalue weighted by molar-refractivity contribution is -0.383. The summed E-state index contributed by atoms with van der Waals surface area (Å²) in [7, 11) is 0. The molecule has 2 rings (SSSR count). The van der Waals surface area contributed by atoms with Crippen molar-refractivity contribution in [3.63, 3.8) is 0 Å². The number of anilines is 2. The Bertz CT molecular complexity index is 684. The fraction of sp³-hybridized carbons (Fsp3) is 0.188. The van der Waals surface area contributed by atoms with Crippen LogP contribution in [0, 0.1) is 10.1 Å². The van der Waals surface area contributed by atoms with Crippen molar-refractivity contribution in [3.05, 3.63) is 64.2 Å². The molecule has 0 aliphatic heterocycles. The van der Waals surface area contributed by atoms with Crippen molar-refractivity contribution in [2.24, 2.45) is 0 Å². The predicted molar refractivity (Wildman–Crippen MR) is 85.4 cm³/mol. The van der Waals surface area contributed by atoms with Gasteiger partial charge in [0.2, 0.25) is 0 Å². The van der Waals surface area contributed by atoms with E-state index >= 15 is 0 Å². The normalized spacial score (nSPS) is 10.3. The molecule has 0 heterocycles. The molecule has 0 bridgehead atoms. The minimum atomic E-state index is -0.503. The molecule has 0 fully saturated rings. The molecule has 0 saturated carbocycles. The summed E-state index contributed by atoms with van der Waals surface area (Å²) in [6.45, 7) is 3.66. The zero-order chi connectivity index (χ0) is 16.1. The Kier molecular flexibility index (Phi) is 4.73. The molecule has 0 saturated heterocycles. The minimum Gasteiger partial charge on any atom is -0.350 e. The Morgan fingerprint density at radius 3 is 2.41 bits per heavy atom. The third kappa shape index (κ3) is 3.82. The lowest BCUT2D eigenvalue weighted by Gasteiger charge is -2.10. The van der Waals surface area contributed by atoms with Gasteiger partial charge >= 0.3 is 0 Å². The maximum atomic E-state index is 11.9. The van der Waals surface area contributed by atoms with Gasteiger partial charge in [0.15, 0.2) is 0 Å². The molecule has 22 heavy (non-hydrogen) atoms. The second kappa shape index (κ2) is 6.71. The van der Waals surface area contributed by atoms with E-state index < -0.39 is 4.92 Å². The van der Waals surface area contributed by atoms with Gasteiger partial charge in [-0.15, -0.1) is 0 Å². The summed E-state index contributed by atoms with van der Waals surface area (Å²) >= 11 is 0. The molecule has 0 spiro atoms. The number of nitro benzene ring substituents is 1. The van der Waals surface area contributed by atoms with Crippen molar-refractivity contribution >= 4 is 23.0 Å². The highest BCUT2D eigenvalue weighted by molar-refractivity contribution is 5.96. The lowest BCUT2D eigenvalue weighted by atomic mass is 10.1. The first-order valence-corrected chi connectivity index (χ1v) is 6.88. The molecule has 2 aromatic carbocycles. The molecule has 0 aromatic heterocycles. The highest BCUT2D eigenvalue weighted by Crippen LogP contribution is 2.28. The number of nitrogens with zero attached hydrogens (tertiary/aromatic N) is 1. The Morgan fingerprint density at radius 2 is 1.82 bits per heavy atom. The summed E-state index contributed by atoms with van der Waals surface area (Å²) in [5.41, 5.74) is 1.21. The fourth-order valence-electron chi connectivity index (χ4n) is 1.95. The van der Waals surface area contributed by atoms with E-state index in [0.717, 1.165) is 5.69 Å². The van der Waals surface area contributed by atoms with E-state index in [0.29, 0.717) is 5.69 Å². The van der Waals surface area contributed by atoms with Gasteiger partial charge in [-0.25, -0.2) is 0 Å². The van der Waals surface area contributed by atoms with E-state index in [9.17, 15) is 14.9 Å². The number of hydrogen-bond acceptors (Lipinski definition) is 4. The third-order valence-corrected chi connectivity index (χ3v) is 2.93. The van der Waals surface area contributed by atoms with E-state index in [4.69, 9.17) is 0 Å². The second-order valence-electron chi connectivity index (χ2n) is 5.11. The molecule has 0 unspecified atom stereocenters. The van der Waals surface area contributed by atoms with Crippen molar-refractivity contribution in [2.45, 2.75) is 19.9 Å². The number of benzene rings is 2. The number of nitro groups is 1. The Morgan fingerprint density at radius 1 is 1.14 bits per heavy atom. The van der Waals surface area contributed by atoms with Gasteiger partial charge < -0.3 is 10.6 Å². The first-order chi connectivity index (χ1) is 10.5. The van der Waals surface area contributed by atoms with Gasteiger partial charge in [-0.2, -0.15) is 0 Å². The predicted octanol–water partition coefficient (Wildman–Crippen LogP) is 3.48. The average Bonchev–Trinajstić information content (AvgIpc) is 2.47. The summed E-state index contributed by atoms with van der Waals surface area (Å²) in [5, 5.41) is 16.9. The van der Waals surface area contributed by atoms with Gasteiger partial charge in [-0.05, 0) is 38.1 Å². The van der Waals surface area contributed by atoms with E-state index in [1.54, 1.807) is 12.1 Å². The number of hydrogen-bond donors (Lipinski definition) is 2. The maximum absolute atomic E-state index is 11.9. The Labute approximate surface area is 128 Å². The van der Waals surface area contributed by atoms with Crippen LogP contribution in [0.25, 0.3) is 0 Å². The van der Waals surface area contributed by atoms with Gasteiger partial charge in [-0.1, -0.05) is 18.2 Å². The molecule has 0 radical (unpaired) electrons. The van der Waals surface area contributed by atoms with Crippen molar-refractivity contribution in [1.29, 1.82) is 0 Å². The fourth-order valence-corrected chi connectivity index (χ4v) is 1.95. The van der Waals surface area contributed by atoms with Crippen LogP contribution in [0.2, 0.25) is 0 Å². The monoisotopic (exact) mass is 299 g/mol. The number of nitrogens with one attached hydrogen (secondary N) is 2. The summed E-state index contributed by atoms with van der Waals surface area (Å²) in [4.78, 5) is 22.7. The molecule has 0 aliphatic carbocycles. The van der Waals surface area contributed by atoms with Crippen molar-refractivity contribution in [2.75, 3.05) is 5.32 Å². The maximum Gasteiger partial charge on any atom is 0.293 e. The highest BCUT2D eigenvalue weighted by Gasteiger charge is 2.18. The zero-order valence-corrected chi connectivity index (χ0v) is 12.4. The molecule has 114 valence electrons. The molecule has 0 atom stereocenters. The summed E-state index contributed by atoms with van der Waals surface area (Å²) in [6.07, 6.45) is 0. The average molecular weight is 299 g/mol. The van der Waals surface area contributed by atoms with Crippen LogP contribution in [-0.4, -0.2) is 16.9 Å². The SMILES string of the molecule is CC(C)NC(=O)c1ccc(Nc2ccccc2)c([N+](=O)[O-])c1. The molecular weight excluding hydrogens is 282 g/mol. The Hall–Kier alpha value is -2.89. The standard InChI is InChI=1S/C16H17N3O3/c1-11(2)17-16(20)12-8-9-14(15(10-12)19(21)22)18-13-6-4-3-5-7-13/h3-11,18H,1-2H3,(H,17,20). The van der Waals surface area contributed by atoms with Crippen LogP contribution in [-0.2, 0) is 0 Å². The van der Waals surface area contributed by atoms with E-state index in [-0.39, 0.29) is 23.2 Å². The van der Waals surface area contributed by atoms with E-state index in [1.807, 2.05) is 44.2 Å². The van der Waals surface area contributed by atoms with Crippen LogP contribution in [0.1, 0.15) is 24.2 Å². The molecule has 0 aliphatic rings. The molecule has 6 heteroatoms. The zero-order valence-electron chi connectivity index (χ0n) is 12.4. The molecule has 2 N–H and O–H groups in total. The molecular formula is C16H17N3O3. The van der Waals surface area contributed by atoms with E-state index in [2.05, 4.69) is 10.6 Å². The van der Waals surface area contributed by atoms with Gasteiger partial charge in [-0.3, -0.25) is 14.9 Å². The van der Waals surface area contributed by atoms with Gasteiger partial charge in [0, 0.05) is 23.4 Å². The quantitative estimate of drug-likeness (QED) is 0.654. The van der Waals surface area contributed by atoms with Crippen LogP contribution in [0.15, 0.2) is 48.5 Å². The third-order valence-electron chi connectivity index (χ3n) is 2.93. The molecule has 1 amide bonds. The minimum absolute atomic E-state index is 0.0336. The summed E-state index contributed by atoms with van der Waals surface area (Å²) < 4.78 is 0. The second-order valence-corrected chi connectivity index (χ2v) is 5.11. The van der Waals surface area contributed by atoms with Gasteiger partial charge in [0.05, 0.1) is 4.92 Å². The van der Waals surface area contributed by atoms with Crippen LogP contribution < -0.4 is 10.6 Å².